The second-order valence-electron chi connectivity index (χ2n) is 0.924. The van der Waals surface area contributed by atoms with Crippen LogP contribution in [-0.2, 0) is 0 Å². The summed E-state index contributed by atoms with van der Waals surface area (Å²) in [5.41, 5.74) is 0. The lowest BCUT2D eigenvalue weighted by Gasteiger charge is -2.13. The van der Waals surface area contributed by atoms with Gasteiger partial charge in [0, 0.05) is 0 Å². The smallest absolute Gasteiger partial charge is 0.202 e. The molecule has 0 aromatic heterocycles. The van der Waals surface area contributed by atoms with Crippen molar-refractivity contribution >= 4 is 67.8 Å². The van der Waals surface area contributed by atoms with E-state index in [2.05, 4.69) is 0 Å². The molecule has 0 radical (unpaired) electrons. The third-order valence-corrected chi connectivity index (χ3v) is 4.75. The summed E-state index contributed by atoms with van der Waals surface area (Å²) in [6.45, 7) is 0. The second kappa shape index (κ2) is 3.32. The zero-order chi connectivity index (χ0) is 6.08. The predicted octanol–water partition coefficient (Wildman–Crippen LogP) is 1.26. The van der Waals surface area contributed by atoms with E-state index in [0.29, 0.717) is 0 Å². The molecule has 7 heavy (non-hydrogen) atoms. The van der Waals surface area contributed by atoms with Gasteiger partial charge in [0.15, 0.2) is 4.11 Å². The number of halogens is 3. The Bertz CT molecular complexity index is 56.4. The second-order valence-corrected chi connectivity index (χ2v) is 7.46. The van der Waals surface area contributed by atoms with Crippen LogP contribution in [0.1, 0.15) is 0 Å². The van der Waals surface area contributed by atoms with Crippen LogP contribution in [0, 0.1) is 0 Å². The minimum absolute atomic E-state index is 0.703. The van der Waals surface area contributed by atoms with E-state index in [9.17, 15) is 0 Å². The Balaban J connectivity index is 3.54. The fraction of sp³-hybridized carbons (Fsp3) is 1.00. The molecular weight excluding hydrogens is 437 g/mol. The van der Waals surface area contributed by atoms with Crippen LogP contribution in [0.15, 0.2) is 0 Å². The summed E-state index contributed by atoms with van der Waals surface area (Å²) in [7, 11) is 0. The maximum atomic E-state index is 8.81. The highest BCUT2D eigenvalue weighted by molar-refractivity contribution is 14.2. The van der Waals surface area contributed by atoms with Gasteiger partial charge in [0.25, 0.3) is 0 Å². The number of alkyl halides is 3. The Labute approximate surface area is 82.5 Å². The quantitative estimate of drug-likeness (QED) is 0.477. The third-order valence-electron chi connectivity index (χ3n) is 0.287. The van der Waals surface area contributed by atoms with E-state index in [-0.39, 0.29) is 0 Å². The van der Waals surface area contributed by atoms with Gasteiger partial charge < -0.3 is 10.2 Å². The number of aliphatic hydroxyl groups is 2. The van der Waals surface area contributed by atoms with Crippen molar-refractivity contribution in [2.45, 2.75) is 5.73 Å². The van der Waals surface area contributed by atoms with Crippen molar-refractivity contribution in [3.63, 3.8) is 0 Å². The zero-order valence-corrected chi connectivity index (χ0v) is 9.58. The van der Waals surface area contributed by atoms with Gasteiger partial charge in [-0.15, -0.1) is 0 Å². The Hall–Kier alpha value is 2.11. The molecule has 0 heterocycles. The molecule has 0 aliphatic heterocycles. The van der Waals surface area contributed by atoms with Crippen LogP contribution in [0.3, 0.4) is 0 Å². The first-order valence-electron chi connectivity index (χ1n) is 1.37. The van der Waals surface area contributed by atoms with Gasteiger partial charge in [-0.25, -0.2) is 0 Å². The lowest BCUT2D eigenvalue weighted by molar-refractivity contribution is 0.147. The van der Waals surface area contributed by atoms with E-state index < -0.39 is 5.73 Å². The van der Waals surface area contributed by atoms with Crippen LogP contribution in [-0.4, -0.2) is 15.9 Å². The van der Waals surface area contributed by atoms with Crippen LogP contribution < -0.4 is 0 Å². The third kappa shape index (κ3) is 4.60. The van der Waals surface area contributed by atoms with Crippen LogP contribution in [0.25, 0.3) is 0 Å². The molecule has 0 spiro atoms. The van der Waals surface area contributed by atoms with Gasteiger partial charge in [0.2, 0.25) is 1.61 Å². The molecule has 2 N–H and O–H groups in total. The number of hydrogen-bond donors (Lipinski definition) is 2. The van der Waals surface area contributed by atoms with Crippen LogP contribution >= 0.6 is 67.8 Å². The Morgan fingerprint density at radius 2 is 1.57 bits per heavy atom. The van der Waals surface area contributed by atoms with E-state index in [4.69, 9.17) is 10.2 Å². The van der Waals surface area contributed by atoms with Gasteiger partial charge in [-0.2, -0.15) is 0 Å². The van der Waals surface area contributed by atoms with Crippen LogP contribution in [0.2, 0.25) is 0 Å². The molecule has 0 fully saturated rings. The highest BCUT2D eigenvalue weighted by Gasteiger charge is 2.25. The minimum Gasteiger partial charge on any atom is -0.378 e. The Morgan fingerprint density at radius 1 is 1.43 bits per heavy atom. The van der Waals surface area contributed by atoms with Gasteiger partial charge in [-0.1, -0.05) is 0 Å². The molecule has 0 saturated heterocycles. The summed E-state index contributed by atoms with van der Waals surface area (Å²) >= 11 is 5.24. The lowest BCUT2D eigenvalue weighted by Crippen LogP contribution is -2.22. The largest absolute Gasteiger partial charge is 0.378 e. The van der Waals surface area contributed by atoms with Gasteiger partial charge in [-0.05, 0) is 67.8 Å². The maximum absolute atomic E-state index is 8.81. The Morgan fingerprint density at radius 3 is 1.57 bits per heavy atom. The first-order chi connectivity index (χ1) is 2.94. The van der Waals surface area contributed by atoms with Crippen molar-refractivity contribution < 1.29 is 10.2 Å². The van der Waals surface area contributed by atoms with Gasteiger partial charge in [-0.3, -0.25) is 0 Å². The highest BCUT2D eigenvalue weighted by Crippen LogP contribution is 2.30. The molecular formula is C2H3I3O2. The maximum Gasteiger partial charge on any atom is 0.202 e. The highest BCUT2D eigenvalue weighted by atomic mass is 127. The van der Waals surface area contributed by atoms with E-state index >= 15 is 0 Å². The molecule has 0 bridgehead atoms. The molecule has 0 aliphatic carbocycles. The molecule has 1 unspecified atom stereocenters. The van der Waals surface area contributed by atoms with Crippen molar-refractivity contribution in [3.05, 3.63) is 0 Å². The summed E-state index contributed by atoms with van der Waals surface area (Å²) in [4.78, 5) is 0. The van der Waals surface area contributed by atoms with Crippen molar-refractivity contribution in [3.8, 4) is 0 Å². The summed E-state index contributed by atoms with van der Waals surface area (Å²) in [5, 5.41) is 17.4. The average Bonchev–Trinajstić information content (AvgIpc) is 1.31. The molecule has 2 nitrogen and oxygen atoms in total. The molecule has 1 atom stereocenters. The summed E-state index contributed by atoms with van der Waals surface area (Å²) in [6.07, 6.45) is 0. The lowest BCUT2D eigenvalue weighted by atomic mass is 10.8. The van der Waals surface area contributed by atoms with Crippen molar-refractivity contribution in [1.29, 1.82) is 0 Å². The molecule has 44 valence electrons. The molecule has 0 aromatic carbocycles. The normalized spacial score (nSPS) is 16.7. The summed E-state index contributed by atoms with van der Waals surface area (Å²) < 4.78 is -1.72. The standard InChI is InChI=1S/C2H3I3O2/c3-1(6)2(4,5)7/h1,6-7H. The van der Waals surface area contributed by atoms with E-state index in [0.717, 1.165) is 0 Å². The fourth-order valence-corrected chi connectivity index (χ4v) is 0. The number of aliphatic hydroxyl groups excluding tert-OH is 1. The summed E-state index contributed by atoms with van der Waals surface area (Å²) in [6, 6.07) is 0. The monoisotopic (exact) mass is 440 g/mol. The van der Waals surface area contributed by atoms with E-state index in [1.165, 1.54) is 0 Å². The van der Waals surface area contributed by atoms with Crippen molar-refractivity contribution in [1.82, 2.24) is 0 Å². The number of rotatable bonds is 1. The fourth-order valence-electron chi connectivity index (χ4n) is 0. The van der Waals surface area contributed by atoms with Gasteiger partial charge in [0.05, 0.1) is 0 Å². The molecule has 0 amide bonds. The zero-order valence-electron chi connectivity index (χ0n) is 3.11. The van der Waals surface area contributed by atoms with E-state index in [1.54, 1.807) is 67.8 Å². The van der Waals surface area contributed by atoms with Crippen LogP contribution in [0.4, 0.5) is 0 Å². The summed E-state index contributed by atoms with van der Waals surface area (Å²) in [5.74, 6) is 0. The first kappa shape index (κ1) is 9.11. The molecule has 0 aliphatic rings. The van der Waals surface area contributed by atoms with Gasteiger partial charge >= 0.3 is 0 Å². The van der Waals surface area contributed by atoms with Crippen LogP contribution in [0.5, 0.6) is 0 Å². The van der Waals surface area contributed by atoms with Crippen molar-refractivity contribution in [2.24, 2.45) is 0 Å². The van der Waals surface area contributed by atoms with Gasteiger partial charge in [0.1, 0.15) is 0 Å². The average molecular weight is 440 g/mol. The van der Waals surface area contributed by atoms with E-state index in [1.807, 2.05) is 0 Å². The minimum atomic E-state index is -1.02. The number of hydrogen-bond acceptors (Lipinski definition) is 2. The Kier molecular flexibility index (Phi) is 4.32. The molecule has 0 aromatic rings. The SMILES string of the molecule is OC(I)C(O)(I)I. The predicted molar refractivity (Wildman–Crippen MR) is 53.0 cm³/mol. The first-order valence-corrected chi connectivity index (χ1v) is 4.77. The van der Waals surface area contributed by atoms with Crippen molar-refractivity contribution in [2.75, 3.05) is 0 Å². The molecule has 0 rings (SSSR count). The topological polar surface area (TPSA) is 40.5 Å². The molecule has 0 saturated carbocycles. The molecule has 5 heteroatoms.